The minimum Gasteiger partial charge on any atom is -0.497 e. The lowest BCUT2D eigenvalue weighted by atomic mass is 10.2. The number of carbonyl (C=O) groups is 1. The van der Waals surface area contributed by atoms with Gasteiger partial charge in [-0.25, -0.2) is 0 Å². The number of rotatable bonds is 8. The van der Waals surface area contributed by atoms with E-state index in [0.717, 1.165) is 42.3 Å². The van der Waals surface area contributed by atoms with Crippen molar-refractivity contribution in [3.63, 3.8) is 0 Å². The second-order valence-electron chi connectivity index (χ2n) is 6.07. The summed E-state index contributed by atoms with van der Waals surface area (Å²) in [6.45, 7) is 1.47. The first-order valence-electron chi connectivity index (χ1n) is 8.76. The van der Waals surface area contributed by atoms with E-state index in [1.807, 2.05) is 24.3 Å². The molecule has 6 heteroatoms. The van der Waals surface area contributed by atoms with Crippen LogP contribution in [0, 0.1) is 0 Å². The normalized spacial score (nSPS) is 16.1. The Morgan fingerprint density at radius 2 is 2.00 bits per heavy atom. The Bertz CT molecular complexity index is 712. The smallest absolute Gasteiger partial charge is 0.243 e. The molecule has 0 aromatic heterocycles. The van der Waals surface area contributed by atoms with Crippen LogP contribution in [0.5, 0.6) is 11.5 Å². The van der Waals surface area contributed by atoms with Gasteiger partial charge < -0.3 is 24.8 Å². The maximum absolute atomic E-state index is 12.2. The molecule has 0 bridgehead atoms. The van der Waals surface area contributed by atoms with Crippen LogP contribution in [-0.2, 0) is 9.53 Å². The first kappa shape index (κ1) is 18.1. The van der Waals surface area contributed by atoms with E-state index in [1.165, 1.54) is 0 Å². The molecule has 0 spiro atoms. The van der Waals surface area contributed by atoms with Crippen LogP contribution in [0.15, 0.2) is 48.5 Å². The topological polar surface area (TPSA) is 68.8 Å². The van der Waals surface area contributed by atoms with Crippen molar-refractivity contribution in [1.82, 2.24) is 0 Å². The van der Waals surface area contributed by atoms with Crippen LogP contribution in [0.1, 0.15) is 12.8 Å². The largest absolute Gasteiger partial charge is 0.497 e. The maximum Gasteiger partial charge on any atom is 0.243 e. The van der Waals surface area contributed by atoms with Crippen LogP contribution < -0.4 is 20.1 Å². The van der Waals surface area contributed by atoms with Gasteiger partial charge in [0.15, 0.2) is 0 Å². The molecule has 2 N–H and O–H groups in total. The molecule has 0 aliphatic carbocycles. The zero-order valence-electron chi connectivity index (χ0n) is 14.9. The molecule has 0 saturated carbocycles. The van der Waals surface area contributed by atoms with Gasteiger partial charge in [0.1, 0.15) is 18.1 Å². The van der Waals surface area contributed by atoms with E-state index in [9.17, 15) is 4.79 Å². The summed E-state index contributed by atoms with van der Waals surface area (Å²) in [5, 5.41) is 5.97. The third kappa shape index (κ3) is 5.13. The van der Waals surface area contributed by atoms with Crippen molar-refractivity contribution in [3.8, 4) is 11.5 Å². The Hall–Kier alpha value is -2.73. The Balaban J connectivity index is 1.50. The van der Waals surface area contributed by atoms with E-state index < -0.39 is 0 Å². The molecule has 1 atom stereocenters. The molecule has 3 rings (SSSR count). The van der Waals surface area contributed by atoms with E-state index in [2.05, 4.69) is 10.6 Å². The van der Waals surface area contributed by atoms with E-state index in [1.54, 1.807) is 31.4 Å². The average molecular weight is 356 g/mol. The third-order valence-electron chi connectivity index (χ3n) is 4.15. The molecule has 1 fully saturated rings. The van der Waals surface area contributed by atoms with Crippen molar-refractivity contribution in [2.45, 2.75) is 18.9 Å². The SMILES string of the molecule is COc1ccc(NC(=O)CNc2ccccc2OCC2CCCO2)cc1. The molecule has 2 aromatic rings. The van der Waals surface area contributed by atoms with Crippen LogP contribution in [0.3, 0.4) is 0 Å². The van der Waals surface area contributed by atoms with Crippen molar-refractivity contribution < 1.29 is 19.0 Å². The zero-order chi connectivity index (χ0) is 18.2. The predicted molar refractivity (Wildman–Crippen MR) is 101 cm³/mol. The van der Waals surface area contributed by atoms with Gasteiger partial charge in [0.25, 0.3) is 0 Å². The van der Waals surface area contributed by atoms with Gasteiger partial charge in [-0.3, -0.25) is 4.79 Å². The van der Waals surface area contributed by atoms with Crippen LogP contribution >= 0.6 is 0 Å². The first-order chi connectivity index (χ1) is 12.7. The molecule has 2 aromatic carbocycles. The van der Waals surface area contributed by atoms with Crippen LogP contribution in [0.25, 0.3) is 0 Å². The Labute approximate surface area is 153 Å². The quantitative estimate of drug-likeness (QED) is 0.759. The standard InChI is InChI=1S/C20H24N2O4/c1-24-16-10-8-15(9-11-16)22-20(23)13-21-18-6-2-3-7-19(18)26-14-17-5-4-12-25-17/h2-3,6-11,17,21H,4-5,12-14H2,1H3,(H,22,23). The van der Waals surface area contributed by atoms with Crippen molar-refractivity contribution in [1.29, 1.82) is 0 Å². The fourth-order valence-corrected chi connectivity index (χ4v) is 2.75. The third-order valence-corrected chi connectivity index (χ3v) is 4.15. The number of para-hydroxylation sites is 2. The van der Waals surface area contributed by atoms with Crippen molar-refractivity contribution >= 4 is 17.3 Å². The molecule has 1 aliphatic heterocycles. The molecule has 6 nitrogen and oxygen atoms in total. The minimum absolute atomic E-state index is 0.135. The number of hydrogen-bond donors (Lipinski definition) is 2. The van der Waals surface area contributed by atoms with Gasteiger partial charge in [0, 0.05) is 12.3 Å². The number of amides is 1. The first-order valence-corrected chi connectivity index (χ1v) is 8.76. The molecule has 1 heterocycles. The van der Waals surface area contributed by atoms with E-state index in [-0.39, 0.29) is 18.6 Å². The second-order valence-corrected chi connectivity index (χ2v) is 6.07. The highest BCUT2D eigenvalue weighted by Crippen LogP contribution is 2.25. The van der Waals surface area contributed by atoms with Crippen LogP contribution in [-0.4, -0.2) is 38.9 Å². The number of ether oxygens (including phenoxy) is 3. The number of methoxy groups -OCH3 is 1. The van der Waals surface area contributed by atoms with Crippen LogP contribution in [0.4, 0.5) is 11.4 Å². The van der Waals surface area contributed by atoms with E-state index in [4.69, 9.17) is 14.2 Å². The van der Waals surface area contributed by atoms with Gasteiger partial charge in [-0.05, 0) is 49.2 Å². The summed E-state index contributed by atoms with van der Waals surface area (Å²) in [6.07, 6.45) is 2.26. The summed E-state index contributed by atoms with van der Waals surface area (Å²) in [5.41, 5.74) is 1.51. The number of benzene rings is 2. The van der Waals surface area contributed by atoms with Gasteiger partial charge >= 0.3 is 0 Å². The molecule has 1 unspecified atom stereocenters. The summed E-state index contributed by atoms with van der Waals surface area (Å²) >= 11 is 0. The minimum atomic E-state index is -0.135. The molecular weight excluding hydrogens is 332 g/mol. The van der Waals surface area contributed by atoms with Gasteiger partial charge in [-0.1, -0.05) is 12.1 Å². The highest BCUT2D eigenvalue weighted by atomic mass is 16.5. The fourth-order valence-electron chi connectivity index (χ4n) is 2.75. The highest BCUT2D eigenvalue weighted by molar-refractivity contribution is 5.94. The number of anilines is 2. The van der Waals surface area contributed by atoms with Crippen molar-refractivity contribution in [3.05, 3.63) is 48.5 Å². The van der Waals surface area contributed by atoms with Gasteiger partial charge in [0.2, 0.25) is 5.91 Å². The molecule has 1 amide bonds. The van der Waals surface area contributed by atoms with Crippen molar-refractivity contribution in [2.75, 3.05) is 37.5 Å². The highest BCUT2D eigenvalue weighted by Gasteiger charge is 2.16. The lowest BCUT2D eigenvalue weighted by molar-refractivity contribution is -0.114. The average Bonchev–Trinajstić information content (AvgIpc) is 3.19. The molecule has 1 aliphatic rings. The van der Waals surface area contributed by atoms with E-state index in [0.29, 0.717) is 6.61 Å². The Morgan fingerprint density at radius 3 is 2.73 bits per heavy atom. The summed E-state index contributed by atoms with van der Waals surface area (Å²) in [4.78, 5) is 12.2. The molecular formula is C20H24N2O4. The van der Waals surface area contributed by atoms with Gasteiger partial charge in [0.05, 0.1) is 25.4 Å². The number of nitrogens with one attached hydrogen (secondary N) is 2. The molecule has 138 valence electrons. The van der Waals surface area contributed by atoms with E-state index >= 15 is 0 Å². The number of carbonyl (C=O) groups excluding carboxylic acids is 1. The summed E-state index contributed by atoms with van der Waals surface area (Å²) in [6, 6.07) is 14.8. The lowest BCUT2D eigenvalue weighted by Crippen LogP contribution is -2.22. The monoisotopic (exact) mass is 356 g/mol. The van der Waals surface area contributed by atoms with Gasteiger partial charge in [-0.2, -0.15) is 0 Å². The van der Waals surface area contributed by atoms with Gasteiger partial charge in [-0.15, -0.1) is 0 Å². The summed E-state index contributed by atoms with van der Waals surface area (Å²) in [5.74, 6) is 1.34. The molecule has 1 saturated heterocycles. The number of hydrogen-bond acceptors (Lipinski definition) is 5. The maximum atomic E-state index is 12.2. The molecule has 26 heavy (non-hydrogen) atoms. The Kier molecular flexibility index (Phi) is 6.33. The van der Waals surface area contributed by atoms with Crippen molar-refractivity contribution in [2.24, 2.45) is 0 Å². The Morgan fingerprint density at radius 1 is 1.19 bits per heavy atom. The second kappa shape index (κ2) is 9.10. The fraction of sp³-hybridized carbons (Fsp3) is 0.350. The predicted octanol–water partition coefficient (Wildman–Crippen LogP) is 3.30. The lowest BCUT2D eigenvalue weighted by Gasteiger charge is -2.15. The summed E-state index contributed by atoms with van der Waals surface area (Å²) in [7, 11) is 1.61. The van der Waals surface area contributed by atoms with Crippen LogP contribution in [0.2, 0.25) is 0 Å². The molecule has 0 radical (unpaired) electrons. The summed E-state index contributed by atoms with van der Waals surface area (Å²) < 4.78 is 16.5. The zero-order valence-corrected chi connectivity index (χ0v) is 14.9.